The second-order valence-electron chi connectivity index (χ2n) is 6.22. The lowest BCUT2D eigenvalue weighted by molar-refractivity contribution is -0.192. The number of hydrogen-bond donors (Lipinski definition) is 4. The minimum Gasteiger partial charge on any atom is -0.475 e. The lowest BCUT2D eigenvalue weighted by atomic mass is 9.99. The Morgan fingerprint density at radius 2 is 1.83 bits per heavy atom. The van der Waals surface area contributed by atoms with Crippen molar-refractivity contribution < 1.29 is 23.1 Å². The number of alkyl halides is 3. The molecular weight excluding hydrogens is 387 g/mol. The van der Waals surface area contributed by atoms with Gasteiger partial charge >= 0.3 is 12.1 Å². The van der Waals surface area contributed by atoms with E-state index in [0.717, 1.165) is 32.9 Å². The molecule has 4 aromatic rings. The zero-order chi connectivity index (χ0) is 21.3. The van der Waals surface area contributed by atoms with Crippen LogP contribution in [0.3, 0.4) is 0 Å². The molecular formula is C19H16F3N5O2. The molecule has 0 bridgehead atoms. The normalized spacial score (nSPS) is 11.3. The van der Waals surface area contributed by atoms with Gasteiger partial charge < -0.3 is 21.6 Å². The van der Waals surface area contributed by atoms with Gasteiger partial charge in [-0.3, -0.25) is 0 Å². The van der Waals surface area contributed by atoms with Crippen molar-refractivity contribution in [3.8, 4) is 11.1 Å². The van der Waals surface area contributed by atoms with E-state index in [0.29, 0.717) is 5.82 Å². The molecule has 2 aromatic heterocycles. The summed E-state index contributed by atoms with van der Waals surface area (Å²) >= 11 is 0. The van der Waals surface area contributed by atoms with Gasteiger partial charge in [-0.25, -0.2) is 9.78 Å². The van der Waals surface area contributed by atoms with E-state index in [9.17, 15) is 13.2 Å². The van der Waals surface area contributed by atoms with Crippen molar-refractivity contribution in [3.05, 3.63) is 48.2 Å². The van der Waals surface area contributed by atoms with Crippen LogP contribution in [-0.4, -0.2) is 32.2 Å². The van der Waals surface area contributed by atoms with Crippen molar-refractivity contribution in [1.29, 1.82) is 0 Å². The summed E-state index contributed by atoms with van der Waals surface area (Å²) in [5.41, 5.74) is 17.0. The Morgan fingerprint density at radius 1 is 1.14 bits per heavy atom. The third kappa shape index (κ3) is 4.05. The Balaban J connectivity index is 0.000000298. The molecule has 0 saturated carbocycles. The first-order chi connectivity index (χ1) is 13.6. The molecule has 0 spiro atoms. The maximum absolute atomic E-state index is 10.6. The van der Waals surface area contributed by atoms with Crippen LogP contribution in [0.2, 0.25) is 0 Å². The number of aliphatic carboxylic acids is 1. The van der Waals surface area contributed by atoms with Crippen LogP contribution in [-0.2, 0) is 4.79 Å². The molecule has 29 heavy (non-hydrogen) atoms. The number of aromatic nitrogens is 3. The number of H-pyrrole nitrogens is 1. The molecule has 0 aliphatic carbocycles. The number of nitrogens with zero attached hydrogens (tertiary/aromatic N) is 2. The summed E-state index contributed by atoms with van der Waals surface area (Å²) < 4.78 is 31.7. The number of aryl methyl sites for hydroxylation is 1. The van der Waals surface area contributed by atoms with E-state index in [2.05, 4.69) is 40.1 Å². The quantitative estimate of drug-likeness (QED) is 0.381. The number of benzene rings is 2. The molecule has 4 rings (SSSR count). The highest BCUT2D eigenvalue weighted by molar-refractivity contribution is 6.15. The summed E-state index contributed by atoms with van der Waals surface area (Å²) in [6.45, 7) is 2.08. The fraction of sp³-hybridized carbons (Fsp3) is 0.105. The van der Waals surface area contributed by atoms with Crippen LogP contribution >= 0.6 is 0 Å². The Morgan fingerprint density at radius 3 is 2.45 bits per heavy atom. The van der Waals surface area contributed by atoms with Crippen LogP contribution in [0, 0.1) is 6.92 Å². The molecule has 0 aliphatic heterocycles. The molecule has 6 N–H and O–H groups in total. The van der Waals surface area contributed by atoms with Crippen LogP contribution < -0.4 is 11.5 Å². The van der Waals surface area contributed by atoms with Crippen molar-refractivity contribution in [1.82, 2.24) is 15.0 Å². The SMILES string of the molecule is Cc1cccc(-c2cc3nc(N)nc(N)c3c3cc[nH]c23)c1.O=C(O)C(F)(F)F. The monoisotopic (exact) mass is 403 g/mol. The summed E-state index contributed by atoms with van der Waals surface area (Å²) in [6.07, 6.45) is -3.18. The summed E-state index contributed by atoms with van der Waals surface area (Å²) in [6, 6.07) is 12.4. The van der Waals surface area contributed by atoms with Gasteiger partial charge in [-0.15, -0.1) is 0 Å². The van der Waals surface area contributed by atoms with Crippen molar-refractivity contribution in [2.75, 3.05) is 11.5 Å². The second-order valence-corrected chi connectivity index (χ2v) is 6.22. The summed E-state index contributed by atoms with van der Waals surface area (Å²) in [7, 11) is 0. The number of fused-ring (bicyclic) bond motifs is 3. The maximum Gasteiger partial charge on any atom is 0.490 e. The van der Waals surface area contributed by atoms with E-state index < -0.39 is 12.1 Å². The molecule has 0 fully saturated rings. The summed E-state index contributed by atoms with van der Waals surface area (Å²) in [5.74, 6) is -2.16. The number of carboxylic acids is 1. The number of halogens is 3. The number of nitrogen functional groups attached to an aromatic ring is 2. The fourth-order valence-electron chi connectivity index (χ4n) is 2.94. The predicted octanol–water partition coefficient (Wildman–Crippen LogP) is 3.88. The highest BCUT2D eigenvalue weighted by Crippen LogP contribution is 2.35. The average Bonchev–Trinajstić information content (AvgIpc) is 3.09. The topological polar surface area (TPSA) is 131 Å². The number of anilines is 2. The first-order valence-corrected chi connectivity index (χ1v) is 8.28. The number of carbonyl (C=O) groups is 1. The molecule has 10 heteroatoms. The van der Waals surface area contributed by atoms with Crippen molar-refractivity contribution >= 4 is 39.5 Å². The van der Waals surface area contributed by atoms with Gasteiger partial charge in [-0.1, -0.05) is 29.8 Å². The Hall–Kier alpha value is -3.82. The Labute approximate surface area is 162 Å². The van der Waals surface area contributed by atoms with E-state index in [4.69, 9.17) is 21.4 Å². The number of rotatable bonds is 1. The Kier molecular flexibility index (Phi) is 5.02. The molecule has 2 aromatic carbocycles. The average molecular weight is 403 g/mol. The van der Waals surface area contributed by atoms with Gasteiger partial charge in [-0.2, -0.15) is 18.2 Å². The van der Waals surface area contributed by atoms with E-state index in [1.807, 2.05) is 24.4 Å². The van der Waals surface area contributed by atoms with Gasteiger partial charge in [0, 0.05) is 17.1 Å². The first-order valence-electron chi connectivity index (χ1n) is 8.28. The van der Waals surface area contributed by atoms with E-state index in [-0.39, 0.29) is 5.95 Å². The number of hydrogen-bond acceptors (Lipinski definition) is 5. The van der Waals surface area contributed by atoms with Gasteiger partial charge in [0.1, 0.15) is 5.82 Å². The van der Waals surface area contributed by atoms with Crippen LogP contribution in [0.1, 0.15) is 5.56 Å². The van der Waals surface area contributed by atoms with Crippen LogP contribution in [0.5, 0.6) is 0 Å². The first kappa shape index (κ1) is 19.9. The molecule has 0 amide bonds. The van der Waals surface area contributed by atoms with Gasteiger partial charge in [0.25, 0.3) is 0 Å². The van der Waals surface area contributed by atoms with Gasteiger partial charge in [-0.05, 0) is 24.6 Å². The lowest BCUT2D eigenvalue weighted by Gasteiger charge is -2.09. The minimum atomic E-state index is -5.08. The van der Waals surface area contributed by atoms with Crippen molar-refractivity contribution in [2.24, 2.45) is 0 Å². The smallest absolute Gasteiger partial charge is 0.475 e. The van der Waals surface area contributed by atoms with E-state index in [1.54, 1.807) is 0 Å². The Bertz CT molecular complexity index is 1220. The third-order valence-electron chi connectivity index (χ3n) is 4.12. The highest BCUT2D eigenvalue weighted by Gasteiger charge is 2.38. The van der Waals surface area contributed by atoms with E-state index >= 15 is 0 Å². The lowest BCUT2D eigenvalue weighted by Crippen LogP contribution is -2.21. The standard InChI is InChI=1S/C17H15N5.C2HF3O2/c1-9-3-2-4-10(7-9)12-8-13-14(11-5-6-20-15(11)12)16(18)22-17(19)21-13;3-2(4,5)1(6)7/h2-8,20H,1H3,(H4,18,19,21,22);(H,6,7). The number of nitrogens with two attached hydrogens (primary N) is 2. The zero-order valence-electron chi connectivity index (χ0n) is 15.1. The number of nitrogens with one attached hydrogen (secondary N) is 1. The van der Waals surface area contributed by atoms with Crippen LogP contribution in [0.4, 0.5) is 24.9 Å². The fourth-order valence-corrected chi connectivity index (χ4v) is 2.94. The molecule has 7 nitrogen and oxygen atoms in total. The number of aromatic amines is 1. The molecule has 0 unspecified atom stereocenters. The molecule has 0 aliphatic rings. The molecule has 150 valence electrons. The van der Waals surface area contributed by atoms with Crippen LogP contribution in [0.15, 0.2) is 42.6 Å². The zero-order valence-corrected chi connectivity index (χ0v) is 15.1. The molecule has 0 atom stereocenters. The molecule has 2 heterocycles. The van der Waals surface area contributed by atoms with Gasteiger partial charge in [0.15, 0.2) is 0 Å². The molecule has 0 radical (unpaired) electrons. The predicted molar refractivity (Wildman–Crippen MR) is 104 cm³/mol. The molecule has 0 saturated heterocycles. The van der Waals surface area contributed by atoms with Gasteiger partial charge in [0.05, 0.1) is 16.4 Å². The maximum atomic E-state index is 10.6. The third-order valence-corrected chi connectivity index (χ3v) is 4.12. The number of carboxylic acid groups (broad SMARTS) is 1. The highest BCUT2D eigenvalue weighted by atomic mass is 19.4. The van der Waals surface area contributed by atoms with Crippen molar-refractivity contribution in [3.63, 3.8) is 0 Å². The largest absolute Gasteiger partial charge is 0.490 e. The van der Waals surface area contributed by atoms with Crippen molar-refractivity contribution in [2.45, 2.75) is 13.1 Å². The summed E-state index contributed by atoms with van der Waals surface area (Å²) in [5, 5.41) is 8.97. The van der Waals surface area contributed by atoms with Gasteiger partial charge in [0.2, 0.25) is 5.95 Å². The minimum absolute atomic E-state index is 0.190. The van der Waals surface area contributed by atoms with Crippen LogP contribution in [0.25, 0.3) is 32.9 Å². The summed E-state index contributed by atoms with van der Waals surface area (Å²) in [4.78, 5) is 20.6. The van der Waals surface area contributed by atoms with E-state index in [1.165, 1.54) is 5.56 Å². The second kappa shape index (κ2) is 7.30.